The molecule has 8 heteroatoms. The number of rotatable bonds is 4. The van der Waals surface area contributed by atoms with E-state index < -0.39 is 11.7 Å². The molecule has 5 nitrogen and oxygen atoms in total. The Labute approximate surface area is 202 Å². The van der Waals surface area contributed by atoms with E-state index in [1.54, 1.807) is 12.3 Å². The van der Waals surface area contributed by atoms with E-state index in [9.17, 15) is 18.0 Å². The molecule has 3 heterocycles. The minimum Gasteiger partial charge on any atom is -0.368 e. The van der Waals surface area contributed by atoms with Crippen LogP contribution in [-0.2, 0) is 19.3 Å². The predicted molar refractivity (Wildman–Crippen MR) is 129 cm³/mol. The molecule has 182 valence electrons. The highest BCUT2D eigenvalue weighted by Crippen LogP contribution is 2.37. The zero-order valence-corrected chi connectivity index (χ0v) is 19.7. The number of amides is 2. The highest BCUT2D eigenvalue weighted by molar-refractivity contribution is 5.95. The summed E-state index contributed by atoms with van der Waals surface area (Å²) in [7, 11) is 0. The van der Waals surface area contributed by atoms with Crippen LogP contribution in [-0.4, -0.2) is 35.0 Å². The van der Waals surface area contributed by atoms with Gasteiger partial charge in [-0.2, -0.15) is 13.2 Å². The Morgan fingerprint density at radius 3 is 2.54 bits per heavy atom. The Bertz CT molecular complexity index is 1240. The van der Waals surface area contributed by atoms with Gasteiger partial charge in [-0.3, -0.25) is 9.88 Å². The number of hydrogen-bond acceptors (Lipinski definition) is 3. The summed E-state index contributed by atoms with van der Waals surface area (Å²) in [4.78, 5) is 23.8. The third-order valence-electron chi connectivity index (χ3n) is 6.98. The van der Waals surface area contributed by atoms with Gasteiger partial charge < -0.3 is 9.80 Å². The highest BCUT2D eigenvalue weighted by atomic mass is 19.4. The summed E-state index contributed by atoms with van der Waals surface area (Å²) in [6.07, 6.45) is -1.90. The average Bonchev–Trinajstić information content (AvgIpc) is 3.29. The summed E-state index contributed by atoms with van der Waals surface area (Å²) in [5.74, 6) is 0. The first-order valence-corrected chi connectivity index (χ1v) is 11.7. The van der Waals surface area contributed by atoms with Crippen molar-refractivity contribution in [3.8, 4) is 0 Å². The Morgan fingerprint density at radius 2 is 1.77 bits per heavy atom. The first-order valence-electron chi connectivity index (χ1n) is 11.7. The van der Waals surface area contributed by atoms with Crippen LogP contribution in [0.1, 0.15) is 34.4 Å². The van der Waals surface area contributed by atoms with Crippen molar-refractivity contribution in [3.05, 3.63) is 88.7 Å². The molecule has 5 rings (SSSR count). The Hall–Kier alpha value is -3.55. The number of para-hydroxylation sites is 1. The predicted octanol–water partition coefficient (Wildman–Crippen LogP) is 5.94. The maximum absolute atomic E-state index is 13.8. The number of hydrogen-bond donors (Lipinski definition) is 0. The average molecular weight is 481 g/mol. The molecule has 2 aromatic carbocycles. The van der Waals surface area contributed by atoms with E-state index in [-0.39, 0.29) is 24.2 Å². The van der Waals surface area contributed by atoms with Crippen LogP contribution in [0.25, 0.3) is 0 Å². The van der Waals surface area contributed by atoms with Crippen molar-refractivity contribution in [2.75, 3.05) is 22.9 Å². The van der Waals surface area contributed by atoms with Gasteiger partial charge in [-0.1, -0.05) is 36.4 Å². The van der Waals surface area contributed by atoms with Gasteiger partial charge in [0.25, 0.3) is 0 Å². The number of urea groups is 1. The minimum absolute atomic E-state index is 0.0461. The lowest BCUT2D eigenvalue weighted by Gasteiger charge is -2.40. The number of aryl methyl sites for hydroxylation is 2. The van der Waals surface area contributed by atoms with Crippen LogP contribution in [0.5, 0.6) is 0 Å². The molecule has 0 saturated carbocycles. The van der Waals surface area contributed by atoms with Crippen LogP contribution in [0.15, 0.2) is 60.8 Å². The molecule has 3 aromatic rings. The molecule has 0 unspecified atom stereocenters. The van der Waals surface area contributed by atoms with E-state index in [0.29, 0.717) is 18.8 Å². The summed E-state index contributed by atoms with van der Waals surface area (Å²) in [5.41, 5.74) is 4.15. The van der Waals surface area contributed by atoms with Gasteiger partial charge >= 0.3 is 12.2 Å². The largest absolute Gasteiger partial charge is 0.416 e. The molecule has 1 fully saturated rings. The van der Waals surface area contributed by atoms with Crippen LogP contribution < -0.4 is 9.80 Å². The van der Waals surface area contributed by atoms with Gasteiger partial charge in [0.05, 0.1) is 35.2 Å². The molecule has 1 saturated heterocycles. The standard InChI is InChI=1S/C27H27F3N4O/c1-18-11-13-31-19(2)25(18)32-14-12-22(17-32)33-16-21-8-4-6-10-24(21)34(26(33)35)15-20-7-3-5-9-23(20)27(28,29)30/h3-11,13,22H,12,14-17H2,1-2H3/t22-/m1/s1. The molecule has 0 spiro atoms. The first kappa shape index (κ1) is 23.2. The Kier molecular flexibility index (Phi) is 5.91. The molecular weight excluding hydrogens is 453 g/mol. The van der Waals surface area contributed by atoms with Gasteiger partial charge in [0.15, 0.2) is 0 Å². The number of carbonyl (C=O) groups excluding carboxylic acids is 1. The lowest BCUT2D eigenvalue weighted by Crippen LogP contribution is -2.52. The van der Waals surface area contributed by atoms with E-state index in [4.69, 9.17) is 0 Å². The molecule has 2 amide bonds. The third kappa shape index (κ3) is 4.33. The second-order valence-corrected chi connectivity index (χ2v) is 9.23. The van der Waals surface area contributed by atoms with Gasteiger partial charge in [0.2, 0.25) is 0 Å². The number of benzene rings is 2. The van der Waals surface area contributed by atoms with Crippen molar-refractivity contribution in [3.63, 3.8) is 0 Å². The van der Waals surface area contributed by atoms with Crippen molar-refractivity contribution in [2.45, 2.75) is 45.6 Å². The summed E-state index contributed by atoms with van der Waals surface area (Å²) in [6.45, 7) is 5.79. The van der Waals surface area contributed by atoms with Crippen LogP contribution in [0.4, 0.5) is 29.3 Å². The zero-order chi connectivity index (χ0) is 24.7. The molecule has 35 heavy (non-hydrogen) atoms. The van der Waals surface area contributed by atoms with Crippen LogP contribution in [0.3, 0.4) is 0 Å². The van der Waals surface area contributed by atoms with Crippen molar-refractivity contribution in [1.82, 2.24) is 9.88 Å². The van der Waals surface area contributed by atoms with Crippen LogP contribution in [0.2, 0.25) is 0 Å². The van der Waals surface area contributed by atoms with E-state index in [1.807, 2.05) is 42.2 Å². The van der Waals surface area contributed by atoms with Gasteiger partial charge in [-0.25, -0.2) is 4.79 Å². The number of anilines is 2. The van der Waals surface area contributed by atoms with Crippen molar-refractivity contribution >= 4 is 17.4 Å². The SMILES string of the molecule is Cc1ccnc(C)c1N1CC[C@@H](N2Cc3ccccc3N(Cc3ccccc3C(F)(F)F)C2=O)C1. The van der Waals surface area contributed by atoms with Crippen molar-refractivity contribution in [2.24, 2.45) is 0 Å². The topological polar surface area (TPSA) is 39.7 Å². The number of pyridine rings is 1. The van der Waals surface area contributed by atoms with Crippen LogP contribution >= 0.6 is 0 Å². The maximum atomic E-state index is 13.8. The quantitative estimate of drug-likeness (QED) is 0.464. The number of fused-ring (bicyclic) bond motifs is 1. The molecule has 0 N–H and O–H groups in total. The monoisotopic (exact) mass is 480 g/mol. The van der Waals surface area contributed by atoms with Gasteiger partial charge in [0.1, 0.15) is 0 Å². The van der Waals surface area contributed by atoms with E-state index in [2.05, 4.69) is 16.8 Å². The van der Waals surface area contributed by atoms with Crippen molar-refractivity contribution < 1.29 is 18.0 Å². The highest BCUT2D eigenvalue weighted by Gasteiger charge is 2.39. The molecule has 1 atom stereocenters. The molecule has 2 aliphatic rings. The molecule has 1 aromatic heterocycles. The van der Waals surface area contributed by atoms with Crippen LogP contribution in [0, 0.1) is 13.8 Å². The summed E-state index contributed by atoms with van der Waals surface area (Å²) in [6, 6.07) is 14.6. The van der Waals surface area contributed by atoms with Gasteiger partial charge in [-0.15, -0.1) is 0 Å². The van der Waals surface area contributed by atoms with Crippen molar-refractivity contribution in [1.29, 1.82) is 0 Å². The van der Waals surface area contributed by atoms with E-state index in [1.165, 1.54) is 17.0 Å². The van der Waals surface area contributed by atoms with E-state index in [0.717, 1.165) is 41.5 Å². The zero-order valence-electron chi connectivity index (χ0n) is 19.7. The fraction of sp³-hybridized carbons (Fsp3) is 0.333. The number of carbonyl (C=O) groups is 1. The molecule has 2 aliphatic heterocycles. The number of aromatic nitrogens is 1. The Morgan fingerprint density at radius 1 is 1.03 bits per heavy atom. The summed E-state index contributed by atoms with van der Waals surface area (Å²) in [5, 5.41) is 0. The second kappa shape index (κ2) is 8.91. The first-order chi connectivity index (χ1) is 16.7. The summed E-state index contributed by atoms with van der Waals surface area (Å²) >= 11 is 0. The fourth-order valence-corrected chi connectivity index (χ4v) is 5.32. The number of alkyl halides is 3. The Balaban J connectivity index is 1.45. The second-order valence-electron chi connectivity index (χ2n) is 9.23. The molecule has 0 radical (unpaired) electrons. The summed E-state index contributed by atoms with van der Waals surface area (Å²) < 4.78 is 41.0. The molecule has 0 aliphatic carbocycles. The number of halogens is 3. The smallest absolute Gasteiger partial charge is 0.368 e. The number of nitrogens with zero attached hydrogens (tertiary/aromatic N) is 4. The fourth-order valence-electron chi connectivity index (χ4n) is 5.32. The maximum Gasteiger partial charge on any atom is 0.416 e. The molecular formula is C27H27F3N4O. The third-order valence-corrected chi connectivity index (χ3v) is 6.98. The lowest BCUT2D eigenvalue weighted by molar-refractivity contribution is -0.138. The lowest BCUT2D eigenvalue weighted by atomic mass is 10.0. The normalized spacial score (nSPS) is 18.3. The van der Waals surface area contributed by atoms with Gasteiger partial charge in [0, 0.05) is 25.8 Å². The van der Waals surface area contributed by atoms with Gasteiger partial charge in [-0.05, 0) is 55.2 Å². The minimum atomic E-state index is -4.49. The molecule has 0 bridgehead atoms. The van der Waals surface area contributed by atoms with E-state index >= 15 is 0 Å².